The summed E-state index contributed by atoms with van der Waals surface area (Å²) in [4.78, 5) is 31.4. The minimum atomic E-state index is 0.624. The Morgan fingerprint density at radius 3 is 0.705 bits per heavy atom. The first-order valence-electron chi connectivity index (χ1n) is 29.6. The predicted molar refractivity (Wildman–Crippen MR) is 362 cm³/mol. The van der Waals surface area contributed by atoms with Crippen LogP contribution in [0.4, 0.5) is 68.2 Å². The van der Waals surface area contributed by atoms with Gasteiger partial charge in [0.1, 0.15) is 0 Å². The maximum Gasteiger partial charge on any atom is 0.160 e. The van der Waals surface area contributed by atoms with E-state index in [0.29, 0.717) is 11.6 Å². The Labute approximate surface area is 511 Å². The Hall–Kier alpha value is -12.0. The number of anilines is 12. The van der Waals surface area contributed by atoms with E-state index in [4.69, 9.17) is 19.9 Å². The van der Waals surface area contributed by atoms with Crippen LogP contribution in [0.2, 0.25) is 0 Å². The Kier molecular flexibility index (Phi) is 13.0. The van der Waals surface area contributed by atoms with Crippen LogP contribution in [0, 0.1) is 0 Å². The third-order valence-electron chi connectivity index (χ3n) is 16.5. The molecule has 0 saturated heterocycles. The highest BCUT2D eigenvalue weighted by Crippen LogP contribution is 2.57. The quantitative estimate of drug-likeness (QED) is 0.127. The summed E-state index contributed by atoms with van der Waals surface area (Å²) in [5, 5.41) is 0. The second-order valence-corrected chi connectivity index (χ2v) is 21.8. The van der Waals surface area contributed by atoms with Crippen LogP contribution in [-0.4, -0.2) is 19.9 Å². The molecule has 4 heterocycles. The largest absolute Gasteiger partial charge is 0.306 e. The van der Waals surface area contributed by atoms with Crippen molar-refractivity contribution >= 4 is 68.2 Å². The second-order valence-electron chi connectivity index (χ2n) is 21.8. The van der Waals surface area contributed by atoms with E-state index >= 15 is 0 Å². The zero-order chi connectivity index (χ0) is 58.3. The van der Waals surface area contributed by atoms with Crippen molar-refractivity contribution in [2.45, 2.75) is 0 Å². The van der Waals surface area contributed by atoms with Gasteiger partial charge in [0.25, 0.3) is 0 Å². The van der Waals surface area contributed by atoms with Crippen molar-refractivity contribution in [3.63, 3.8) is 0 Å². The van der Waals surface area contributed by atoms with Gasteiger partial charge in [-0.1, -0.05) is 218 Å². The molecular formula is C80H54N8. The Morgan fingerprint density at radius 1 is 0.170 bits per heavy atom. The number of hydrogen-bond donors (Lipinski definition) is 0. The number of hydrogen-bond acceptors (Lipinski definition) is 8. The molecule has 8 nitrogen and oxygen atoms in total. The molecule has 0 N–H and O–H groups in total. The van der Waals surface area contributed by atoms with Gasteiger partial charge in [-0.2, -0.15) is 0 Å². The molecule has 16 rings (SSSR count). The van der Waals surface area contributed by atoms with E-state index in [-0.39, 0.29) is 0 Å². The highest BCUT2D eigenvalue weighted by Gasteiger charge is 2.33. The molecule has 8 heteroatoms. The van der Waals surface area contributed by atoms with Crippen LogP contribution < -0.4 is 19.6 Å². The number of fused-ring (bicyclic) bond motifs is 4. The van der Waals surface area contributed by atoms with Crippen LogP contribution in [0.1, 0.15) is 0 Å². The number of benzene rings is 12. The van der Waals surface area contributed by atoms with Crippen molar-refractivity contribution in [1.29, 1.82) is 0 Å². The third-order valence-corrected chi connectivity index (χ3v) is 16.5. The van der Waals surface area contributed by atoms with E-state index < -0.39 is 0 Å². The molecule has 0 spiro atoms. The first-order chi connectivity index (χ1) is 43.7. The number of rotatable bonds is 11. The molecule has 0 bridgehead atoms. The lowest BCUT2D eigenvalue weighted by Crippen LogP contribution is -2.24. The molecule has 0 fully saturated rings. The van der Waals surface area contributed by atoms with Gasteiger partial charge in [0.05, 0.1) is 68.3 Å². The summed E-state index contributed by atoms with van der Waals surface area (Å²) in [7, 11) is 0. The van der Waals surface area contributed by atoms with Gasteiger partial charge >= 0.3 is 0 Å². The molecule has 12 aromatic carbocycles. The van der Waals surface area contributed by atoms with Gasteiger partial charge in [0.2, 0.25) is 0 Å². The average molecular weight is 1130 g/mol. The summed E-state index contributed by atoms with van der Waals surface area (Å²) in [6.07, 6.45) is 0. The average Bonchev–Trinajstić information content (AvgIpc) is 0.868. The van der Waals surface area contributed by atoms with Crippen LogP contribution >= 0.6 is 0 Å². The monoisotopic (exact) mass is 1130 g/mol. The number of para-hydroxylation sites is 10. The van der Waals surface area contributed by atoms with Gasteiger partial charge < -0.3 is 19.6 Å². The van der Waals surface area contributed by atoms with E-state index in [0.717, 1.165) is 136 Å². The summed E-state index contributed by atoms with van der Waals surface area (Å²) >= 11 is 0. The maximum absolute atomic E-state index is 5.62. The molecule has 88 heavy (non-hydrogen) atoms. The molecule has 0 saturated carbocycles. The lowest BCUT2D eigenvalue weighted by molar-refractivity contribution is 1.16. The summed E-state index contributed by atoms with van der Waals surface area (Å²) in [6.45, 7) is 0. The zero-order valence-corrected chi connectivity index (χ0v) is 47.8. The number of nitrogens with zero attached hydrogens (tertiary/aromatic N) is 8. The van der Waals surface area contributed by atoms with Gasteiger partial charge in [0.15, 0.2) is 11.6 Å². The normalized spacial score (nSPS) is 12.2. The molecule has 2 aliphatic heterocycles. The van der Waals surface area contributed by atoms with Crippen LogP contribution in [0.5, 0.6) is 0 Å². The lowest BCUT2D eigenvalue weighted by Gasteiger charge is -2.40. The van der Waals surface area contributed by atoms with Crippen molar-refractivity contribution in [3.8, 4) is 78.9 Å². The highest BCUT2D eigenvalue weighted by atomic mass is 15.3. The van der Waals surface area contributed by atoms with Crippen LogP contribution in [-0.2, 0) is 0 Å². The maximum atomic E-state index is 5.62. The third kappa shape index (κ3) is 9.29. The van der Waals surface area contributed by atoms with Gasteiger partial charge in [-0.05, 0) is 120 Å². The van der Waals surface area contributed by atoms with Gasteiger partial charge in [-0.15, -0.1) is 0 Å². The molecule has 2 aromatic heterocycles. The first-order valence-corrected chi connectivity index (χ1v) is 29.6. The van der Waals surface area contributed by atoms with Crippen molar-refractivity contribution in [1.82, 2.24) is 19.9 Å². The second kappa shape index (κ2) is 22.2. The predicted octanol–water partition coefficient (Wildman–Crippen LogP) is 21.4. The molecule has 14 aromatic rings. The highest BCUT2D eigenvalue weighted by molar-refractivity contribution is 6.05. The fraction of sp³-hybridized carbons (Fsp3) is 0. The molecule has 414 valence electrons. The minimum absolute atomic E-state index is 0.624. The van der Waals surface area contributed by atoms with Crippen molar-refractivity contribution in [2.75, 3.05) is 19.6 Å². The topological polar surface area (TPSA) is 64.5 Å². The van der Waals surface area contributed by atoms with Crippen molar-refractivity contribution in [2.24, 2.45) is 0 Å². The molecule has 0 aliphatic carbocycles. The molecule has 2 aliphatic rings. The Bertz CT molecular complexity index is 4350. The van der Waals surface area contributed by atoms with Gasteiger partial charge in [-0.3, -0.25) is 0 Å². The molecule has 0 radical (unpaired) electrons. The standard InChI is InChI=1S/C80H54N8/c1-7-27-55(28-8-1)67-53-69(83-79(81-67)57-31-11-3-12-32-57)65-51-61(87-75-43-23-19-39-71(75)85(59-35-15-5-16-36-59)72-40-20-24-44-76(72)87)47-49-63(65)64-50-48-62(52-66(64)70-54-68(56-29-9-2-10-30-56)82-80(84-70)58-33-13-4-14-34-58)88-77-45-25-21-41-73(77)86(60-37-17-6-18-38-60)74-42-22-26-46-78(74)88/h1-54H. The fourth-order valence-corrected chi connectivity index (χ4v) is 12.5. The summed E-state index contributed by atoms with van der Waals surface area (Å²) < 4.78 is 0. The SMILES string of the molecule is c1ccc(-c2cc(-c3cc(N4c5ccccc5N(c5ccccc5)c5ccccc54)ccc3-c3ccc(N4c5ccccc5N(c5ccccc5)c5ccccc54)cc3-c3cc(-c4ccccc4)nc(-c4ccccc4)n3)nc(-c3ccccc3)n2)cc1. The molecule has 0 amide bonds. The van der Waals surface area contributed by atoms with Crippen molar-refractivity contribution in [3.05, 3.63) is 328 Å². The zero-order valence-electron chi connectivity index (χ0n) is 47.8. The Balaban J connectivity index is 0.979. The lowest BCUT2D eigenvalue weighted by atomic mass is 9.90. The van der Waals surface area contributed by atoms with E-state index in [9.17, 15) is 0 Å². The smallest absolute Gasteiger partial charge is 0.160 e. The Morgan fingerprint density at radius 2 is 0.409 bits per heavy atom. The molecule has 0 unspecified atom stereocenters. The van der Waals surface area contributed by atoms with E-state index in [2.05, 4.69) is 299 Å². The van der Waals surface area contributed by atoms with E-state index in [1.54, 1.807) is 0 Å². The van der Waals surface area contributed by atoms with Gasteiger partial charge in [0, 0.05) is 56.1 Å². The summed E-state index contributed by atoms with van der Waals surface area (Å²) in [5.41, 5.74) is 23.2. The summed E-state index contributed by atoms with van der Waals surface area (Å²) in [5.74, 6) is 1.25. The minimum Gasteiger partial charge on any atom is -0.306 e. The van der Waals surface area contributed by atoms with Crippen LogP contribution in [0.15, 0.2) is 328 Å². The van der Waals surface area contributed by atoms with E-state index in [1.807, 2.05) is 48.5 Å². The van der Waals surface area contributed by atoms with Crippen LogP contribution in [0.25, 0.3) is 78.9 Å². The fourth-order valence-electron chi connectivity index (χ4n) is 12.5. The first kappa shape index (κ1) is 51.6. The molecular weight excluding hydrogens is 1070 g/mol. The van der Waals surface area contributed by atoms with Crippen molar-refractivity contribution < 1.29 is 0 Å². The van der Waals surface area contributed by atoms with Crippen LogP contribution in [0.3, 0.4) is 0 Å². The van der Waals surface area contributed by atoms with E-state index in [1.165, 1.54) is 0 Å². The summed E-state index contributed by atoms with van der Waals surface area (Å²) in [6, 6.07) is 115. The molecule has 0 atom stereocenters. The van der Waals surface area contributed by atoms with Gasteiger partial charge in [-0.25, -0.2) is 19.9 Å². The number of aromatic nitrogens is 4.